The normalized spacial score (nSPS) is 20.6. The van der Waals surface area contributed by atoms with Crippen molar-refractivity contribution in [3.63, 3.8) is 0 Å². The first kappa shape index (κ1) is 13.4. The molecule has 0 radical (unpaired) electrons. The highest BCUT2D eigenvalue weighted by Crippen LogP contribution is 2.17. The summed E-state index contributed by atoms with van der Waals surface area (Å²) >= 11 is 4.30. The first-order valence-corrected chi connectivity index (χ1v) is 6.73. The van der Waals surface area contributed by atoms with Gasteiger partial charge in [-0.2, -0.15) is 0 Å². The molecule has 18 heavy (non-hydrogen) atoms. The number of benzene rings is 1. The maximum absolute atomic E-state index is 12.5. The third-order valence-electron chi connectivity index (χ3n) is 3.19. The molecule has 0 N–H and O–H groups in total. The van der Waals surface area contributed by atoms with E-state index in [-0.39, 0.29) is 12.0 Å². The van der Waals surface area contributed by atoms with E-state index in [1.807, 2.05) is 36.9 Å². The molecule has 4 heteroatoms. The van der Waals surface area contributed by atoms with Crippen LogP contribution in [0.25, 0.3) is 0 Å². The molecule has 3 nitrogen and oxygen atoms in total. The van der Waals surface area contributed by atoms with Crippen molar-refractivity contribution in [2.45, 2.75) is 31.3 Å². The fourth-order valence-corrected chi connectivity index (χ4v) is 2.39. The van der Waals surface area contributed by atoms with Gasteiger partial charge in [-0.05, 0) is 38.0 Å². The van der Waals surface area contributed by atoms with Crippen LogP contribution in [0.15, 0.2) is 23.1 Å². The summed E-state index contributed by atoms with van der Waals surface area (Å²) in [7, 11) is 0. The van der Waals surface area contributed by atoms with Crippen molar-refractivity contribution in [1.82, 2.24) is 4.90 Å². The lowest BCUT2D eigenvalue weighted by Crippen LogP contribution is -2.36. The van der Waals surface area contributed by atoms with E-state index in [4.69, 9.17) is 4.74 Å². The summed E-state index contributed by atoms with van der Waals surface area (Å²) in [6, 6.07) is 5.69. The minimum atomic E-state index is 0.0840. The number of carbonyl (C=O) groups excluding carboxylic acids is 1. The Morgan fingerprint density at radius 2 is 2.28 bits per heavy atom. The first-order valence-electron chi connectivity index (χ1n) is 6.28. The Hall–Kier alpha value is -1.00. The second kappa shape index (κ2) is 5.76. The summed E-state index contributed by atoms with van der Waals surface area (Å²) in [5.74, 6) is 0.0840. The van der Waals surface area contributed by atoms with Gasteiger partial charge in [0.15, 0.2) is 0 Å². The number of carbonyl (C=O) groups is 1. The average molecular weight is 265 g/mol. The zero-order valence-electron chi connectivity index (χ0n) is 10.8. The summed E-state index contributed by atoms with van der Waals surface area (Å²) in [5, 5.41) is 0. The number of hydrogen-bond acceptors (Lipinski definition) is 3. The zero-order chi connectivity index (χ0) is 13.1. The van der Waals surface area contributed by atoms with E-state index in [0.717, 1.165) is 35.6 Å². The van der Waals surface area contributed by atoms with Crippen molar-refractivity contribution in [3.8, 4) is 0 Å². The highest BCUT2D eigenvalue weighted by molar-refractivity contribution is 7.80. The lowest BCUT2D eigenvalue weighted by molar-refractivity contribution is 0.0562. The van der Waals surface area contributed by atoms with Crippen LogP contribution in [-0.2, 0) is 4.74 Å². The molecule has 98 valence electrons. The van der Waals surface area contributed by atoms with Gasteiger partial charge in [-0.1, -0.05) is 6.07 Å². The number of thiol groups is 1. The molecule has 0 spiro atoms. The van der Waals surface area contributed by atoms with Gasteiger partial charge in [-0.15, -0.1) is 12.6 Å². The average Bonchev–Trinajstić information content (AvgIpc) is 2.56. The fraction of sp³-hybridized carbons (Fsp3) is 0.500. The van der Waals surface area contributed by atoms with Crippen LogP contribution in [0.4, 0.5) is 0 Å². The highest BCUT2D eigenvalue weighted by atomic mass is 32.1. The van der Waals surface area contributed by atoms with Crippen LogP contribution >= 0.6 is 12.6 Å². The topological polar surface area (TPSA) is 29.5 Å². The Morgan fingerprint density at radius 3 is 3.06 bits per heavy atom. The zero-order valence-corrected chi connectivity index (χ0v) is 11.7. The minimum Gasteiger partial charge on any atom is -0.377 e. The van der Waals surface area contributed by atoms with Crippen LogP contribution in [0.3, 0.4) is 0 Å². The molecular formula is C14H19NO2S. The summed E-state index contributed by atoms with van der Waals surface area (Å²) in [6.45, 7) is 6.12. The van der Waals surface area contributed by atoms with Crippen molar-refractivity contribution in [2.75, 3.05) is 19.7 Å². The summed E-state index contributed by atoms with van der Waals surface area (Å²) in [6.07, 6.45) is 1.01. The van der Waals surface area contributed by atoms with Crippen LogP contribution in [-0.4, -0.2) is 36.6 Å². The van der Waals surface area contributed by atoms with Crippen molar-refractivity contribution < 1.29 is 9.53 Å². The molecule has 1 atom stereocenters. The molecule has 1 aromatic rings. The maximum atomic E-state index is 12.5. The highest BCUT2D eigenvalue weighted by Gasteiger charge is 2.22. The van der Waals surface area contributed by atoms with E-state index in [1.165, 1.54) is 0 Å². The van der Waals surface area contributed by atoms with Crippen LogP contribution in [0, 0.1) is 6.92 Å². The monoisotopic (exact) mass is 265 g/mol. The Kier molecular flexibility index (Phi) is 4.30. The van der Waals surface area contributed by atoms with E-state index in [9.17, 15) is 4.79 Å². The maximum Gasteiger partial charge on any atom is 0.254 e. The molecule has 0 saturated carbocycles. The second-order valence-electron chi connectivity index (χ2n) is 4.79. The molecular weight excluding hydrogens is 246 g/mol. The van der Waals surface area contributed by atoms with Gasteiger partial charge in [0.1, 0.15) is 0 Å². The number of rotatable bonds is 1. The van der Waals surface area contributed by atoms with Gasteiger partial charge in [0.2, 0.25) is 0 Å². The molecule has 0 aliphatic carbocycles. The van der Waals surface area contributed by atoms with E-state index >= 15 is 0 Å². The minimum absolute atomic E-state index is 0.0840. The molecule has 1 aliphatic rings. The fourth-order valence-electron chi connectivity index (χ4n) is 2.19. The Bertz CT molecular complexity index is 447. The van der Waals surface area contributed by atoms with Crippen LogP contribution in [0.2, 0.25) is 0 Å². The molecule has 1 heterocycles. The number of ether oxygens (including phenoxy) is 1. The lowest BCUT2D eigenvalue weighted by atomic mass is 10.1. The predicted octanol–water partition coefficient (Wildman–Crippen LogP) is 2.53. The number of hydrogen-bond donors (Lipinski definition) is 1. The first-order chi connectivity index (χ1) is 8.58. The predicted molar refractivity (Wildman–Crippen MR) is 74.4 cm³/mol. The van der Waals surface area contributed by atoms with Crippen LogP contribution in [0.5, 0.6) is 0 Å². The second-order valence-corrected chi connectivity index (χ2v) is 5.30. The Balaban J connectivity index is 2.21. The van der Waals surface area contributed by atoms with Gasteiger partial charge < -0.3 is 9.64 Å². The van der Waals surface area contributed by atoms with Crippen LogP contribution in [0.1, 0.15) is 29.3 Å². The molecule has 1 aromatic carbocycles. The Labute approximate surface area is 114 Å². The quantitative estimate of drug-likeness (QED) is 0.791. The molecule has 2 rings (SSSR count). The SMILES string of the molecule is Cc1ccc(S)cc1C(=O)N1CCCOC(C)C1. The van der Waals surface area contributed by atoms with E-state index in [0.29, 0.717) is 6.54 Å². The molecule has 1 amide bonds. The van der Waals surface area contributed by atoms with Gasteiger partial charge >= 0.3 is 0 Å². The third kappa shape index (κ3) is 3.06. The van der Waals surface area contributed by atoms with Gasteiger partial charge in [0.05, 0.1) is 6.10 Å². The van der Waals surface area contributed by atoms with Crippen LogP contribution < -0.4 is 0 Å². The van der Waals surface area contributed by atoms with Gasteiger partial charge in [-0.3, -0.25) is 4.79 Å². The van der Waals surface area contributed by atoms with E-state index < -0.39 is 0 Å². The molecule has 0 aromatic heterocycles. The van der Waals surface area contributed by atoms with Crippen molar-refractivity contribution >= 4 is 18.5 Å². The van der Waals surface area contributed by atoms with Crippen molar-refractivity contribution in [2.24, 2.45) is 0 Å². The van der Waals surface area contributed by atoms with Crippen molar-refractivity contribution in [3.05, 3.63) is 29.3 Å². The summed E-state index contributed by atoms with van der Waals surface area (Å²) in [5.41, 5.74) is 1.74. The van der Waals surface area contributed by atoms with Gasteiger partial charge in [0, 0.05) is 30.2 Å². The molecule has 1 fully saturated rings. The van der Waals surface area contributed by atoms with E-state index in [2.05, 4.69) is 12.6 Å². The molecule has 1 aliphatic heterocycles. The Morgan fingerprint density at radius 1 is 1.50 bits per heavy atom. The number of amides is 1. The molecule has 1 unspecified atom stereocenters. The van der Waals surface area contributed by atoms with Gasteiger partial charge in [0.25, 0.3) is 5.91 Å². The largest absolute Gasteiger partial charge is 0.377 e. The molecule has 1 saturated heterocycles. The lowest BCUT2D eigenvalue weighted by Gasteiger charge is -2.23. The smallest absolute Gasteiger partial charge is 0.254 e. The summed E-state index contributed by atoms with van der Waals surface area (Å²) in [4.78, 5) is 15.2. The number of aryl methyl sites for hydroxylation is 1. The molecule has 0 bridgehead atoms. The number of nitrogens with zero attached hydrogens (tertiary/aromatic N) is 1. The summed E-state index contributed by atoms with van der Waals surface area (Å²) < 4.78 is 5.56. The van der Waals surface area contributed by atoms with E-state index in [1.54, 1.807) is 0 Å². The standard InChI is InChI=1S/C14H19NO2S/c1-10-4-5-12(18)8-13(10)14(16)15-6-3-7-17-11(2)9-15/h4-5,8,11,18H,3,6-7,9H2,1-2H3. The third-order valence-corrected chi connectivity index (χ3v) is 3.47. The van der Waals surface area contributed by atoms with Gasteiger partial charge in [-0.25, -0.2) is 0 Å². The van der Waals surface area contributed by atoms with Crippen molar-refractivity contribution in [1.29, 1.82) is 0 Å².